The minimum atomic E-state index is 0.330. The number of hydrogen-bond donors (Lipinski definition) is 1. The molecular weight excluding hydrogens is 298 g/mol. The third-order valence-electron chi connectivity index (χ3n) is 3.47. The van der Waals surface area contributed by atoms with E-state index in [-0.39, 0.29) is 0 Å². The Morgan fingerprint density at radius 2 is 1.84 bits per heavy atom. The largest absolute Gasteiger partial charge is 0.306 e. The molecule has 1 N–H and O–H groups in total. The van der Waals surface area contributed by atoms with Gasteiger partial charge in [-0.1, -0.05) is 57.9 Å². The van der Waals surface area contributed by atoms with Crippen molar-refractivity contribution in [1.29, 1.82) is 0 Å². The van der Waals surface area contributed by atoms with Crippen molar-refractivity contribution in [3.63, 3.8) is 0 Å². The van der Waals surface area contributed by atoms with E-state index in [0.717, 1.165) is 11.0 Å². The molecule has 100 valence electrons. The summed E-state index contributed by atoms with van der Waals surface area (Å²) in [5.74, 6) is 0. The van der Waals surface area contributed by atoms with Crippen molar-refractivity contribution < 1.29 is 0 Å². The molecule has 19 heavy (non-hydrogen) atoms. The van der Waals surface area contributed by atoms with Gasteiger partial charge in [0.15, 0.2) is 0 Å². The lowest BCUT2D eigenvalue weighted by atomic mass is 10.0. The van der Waals surface area contributed by atoms with Gasteiger partial charge in [-0.15, -0.1) is 0 Å². The van der Waals surface area contributed by atoms with Crippen molar-refractivity contribution in [2.24, 2.45) is 0 Å². The highest BCUT2D eigenvalue weighted by Gasteiger charge is 2.08. The van der Waals surface area contributed by atoms with Crippen molar-refractivity contribution in [3.8, 4) is 0 Å². The molecule has 0 heterocycles. The van der Waals surface area contributed by atoms with Crippen molar-refractivity contribution in [2.45, 2.75) is 33.4 Å². The van der Waals surface area contributed by atoms with Crippen LogP contribution >= 0.6 is 15.9 Å². The summed E-state index contributed by atoms with van der Waals surface area (Å²) in [6.07, 6.45) is 0. The quantitative estimate of drug-likeness (QED) is 0.844. The van der Waals surface area contributed by atoms with Crippen LogP contribution in [-0.2, 0) is 6.54 Å². The van der Waals surface area contributed by atoms with E-state index in [4.69, 9.17) is 0 Å². The Bertz CT molecular complexity index is 563. The summed E-state index contributed by atoms with van der Waals surface area (Å²) in [5, 5.41) is 3.59. The third-order valence-corrected chi connectivity index (χ3v) is 4.19. The van der Waals surface area contributed by atoms with Gasteiger partial charge in [-0.3, -0.25) is 0 Å². The van der Waals surface area contributed by atoms with E-state index in [2.05, 4.69) is 78.4 Å². The Kier molecular flexibility index (Phi) is 4.78. The summed E-state index contributed by atoms with van der Waals surface area (Å²) in [6.45, 7) is 7.40. The number of rotatable bonds is 4. The molecule has 0 aliphatic rings. The molecule has 0 amide bonds. The first-order chi connectivity index (χ1) is 9.08. The van der Waals surface area contributed by atoms with Gasteiger partial charge in [0, 0.05) is 17.1 Å². The molecule has 1 unspecified atom stereocenters. The van der Waals surface area contributed by atoms with Gasteiger partial charge in [-0.25, -0.2) is 0 Å². The van der Waals surface area contributed by atoms with Crippen molar-refractivity contribution in [2.75, 3.05) is 0 Å². The van der Waals surface area contributed by atoms with E-state index in [0.29, 0.717) is 6.04 Å². The predicted octanol–water partition coefficient (Wildman–Crippen LogP) is 4.92. The van der Waals surface area contributed by atoms with Crippen molar-refractivity contribution in [1.82, 2.24) is 5.32 Å². The third kappa shape index (κ3) is 3.68. The molecule has 0 spiro atoms. The second kappa shape index (κ2) is 6.36. The minimum absolute atomic E-state index is 0.330. The van der Waals surface area contributed by atoms with Crippen LogP contribution in [0.5, 0.6) is 0 Å². The van der Waals surface area contributed by atoms with Gasteiger partial charge < -0.3 is 5.32 Å². The maximum Gasteiger partial charge on any atom is 0.0306 e. The van der Waals surface area contributed by atoms with Crippen LogP contribution in [0.1, 0.15) is 35.2 Å². The summed E-state index contributed by atoms with van der Waals surface area (Å²) < 4.78 is 1.16. The first-order valence-corrected chi connectivity index (χ1v) is 7.41. The molecule has 0 saturated heterocycles. The van der Waals surface area contributed by atoms with E-state index in [1.54, 1.807) is 0 Å². The number of halogens is 1. The van der Waals surface area contributed by atoms with Crippen molar-refractivity contribution >= 4 is 15.9 Å². The van der Waals surface area contributed by atoms with Crippen LogP contribution in [0.25, 0.3) is 0 Å². The second-order valence-electron chi connectivity index (χ2n) is 5.05. The highest BCUT2D eigenvalue weighted by Crippen LogP contribution is 2.23. The van der Waals surface area contributed by atoms with Gasteiger partial charge in [-0.05, 0) is 43.5 Å². The monoisotopic (exact) mass is 317 g/mol. The Hall–Kier alpha value is -1.12. The predicted molar refractivity (Wildman–Crippen MR) is 85.3 cm³/mol. The van der Waals surface area contributed by atoms with Crippen LogP contribution in [0.2, 0.25) is 0 Å². The second-order valence-corrected chi connectivity index (χ2v) is 5.91. The molecule has 2 rings (SSSR count). The lowest BCUT2D eigenvalue weighted by molar-refractivity contribution is 0.571. The van der Waals surface area contributed by atoms with Gasteiger partial charge >= 0.3 is 0 Å². The molecule has 0 aromatic heterocycles. The fourth-order valence-electron chi connectivity index (χ4n) is 2.24. The Balaban J connectivity index is 2.04. The van der Waals surface area contributed by atoms with Gasteiger partial charge in [0.25, 0.3) is 0 Å². The summed E-state index contributed by atoms with van der Waals surface area (Å²) >= 11 is 3.61. The Morgan fingerprint density at radius 3 is 2.53 bits per heavy atom. The standard InChI is InChI=1S/C17H20BrN/c1-12-8-9-15(13(2)10-12)11-19-14(3)16-6-4-5-7-17(16)18/h4-10,14,19H,11H2,1-3H3. The molecule has 2 heteroatoms. The lowest BCUT2D eigenvalue weighted by Crippen LogP contribution is -2.19. The molecule has 2 aromatic rings. The van der Waals surface area contributed by atoms with E-state index in [1.165, 1.54) is 22.3 Å². The average molecular weight is 318 g/mol. The molecule has 0 saturated carbocycles. The maximum absolute atomic E-state index is 3.61. The van der Waals surface area contributed by atoms with Crippen LogP contribution in [0.4, 0.5) is 0 Å². The summed E-state index contributed by atoms with van der Waals surface area (Å²) in [5.41, 5.74) is 5.34. The van der Waals surface area contributed by atoms with Crippen LogP contribution in [0, 0.1) is 13.8 Å². The fourth-order valence-corrected chi connectivity index (χ4v) is 2.87. The van der Waals surface area contributed by atoms with Gasteiger partial charge in [0.1, 0.15) is 0 Å². The number of benzene rings is 2. The molecule has 0 radical (unpaired) electrons. The zero-order chi connectivity index (χ0) is 13.8. The molecular formula is C17H20BrN. The zero-order valence-corrected chi connectivity index (χ0v) is 13.3. The van der Waals surface area contributed by atoms with Crippen LogP contribution in [0.3, 0.4) is 0 Å². The topological polar surface area (TPSA) is 12.0 Å². The highest BCUT2D eigenvalue weighted by molar-refractivity contribution is 9.10. The smallest absolute Gasteiger partial charge is 0.0306 e. The van der Waals surface area contributed by atoms with E-state index in [9.17, 15) is 0 Å². The highest BCUT2D eigenvalue weighted by atomic mass is 79.9. The first kappa shape index (κ1) is 14.3. The lowest BCUT2D eigenvalue weighted by Gasteiger charge is -2.17. The molecule has 0 bridgehead atoms. The van der Waals surface area contributed by atoms with E-state index >= 15 is 0 Å². The molecule has 0 aliphatic heterocycles. The average Bonchev–Trinajstić information content (AvgIpc) is 2.38. The molecule has 2 aromatic carbocycles. The maximum atomic E-state index is 3.61. The van der Waals surface area contributed by atoms with Gasteiger partial charge in [0.05, 0.1) is 0 Å². The summed E-state index contributed by atoms with van der Waals surface area (Å²) in [7, 11) is 0. The van der Waals surface area contributed by atoms with Gasteiger partial charge in [-0.2, -0.15) is 0 Å². The molecule has 1 atom stereocenters. The number of nitrogens with one attached hydrogen (secondary N) is 1. The summed E-state index contributed by atoms with van der Waals surface area (Å²) in [4.78, 5) is 0. The van der Waals surface area contributed by atoms with Crippen LogP contribution in [0.15, 0.2) is 46.9 Å². The molecule has 1 nitrogen and oxygen atoms in total. The molecule has 0 fully saturated rings. The number of aryl methyl sites for hydroxylation is 2. The SMILES string of the molecule is Cc1ccc(CNC(C)c2ccccc2Br)c(C)c1. The van der Waals surface area contributed by atoms with Crippen molar-refractivity contribution in [3.05, 3.63) is 69.2 Å². The Morgan fingerprint density at radius 1 is 1.11 bits per heavy atom. The van der Waals surface area contributed by atoms with Crippen LogP contribution in [-0.4, -0.2) is 0 Å². The van der Waals surface area contributed by atoms with Crippen LogP contribution < -0.4 is 5.32 Å². The van der Waals surface area contributed by atoms with Gasteiger partial charge in [0.2, 0.25) is 0 Å². The van der Waals surface area contributed by atoms with E-state index < -0.39 is 0 Å². The Labute approximate surface area is 124 Å². The summed E-state index contributed by atoms with van der Waals surface area (Å²) in [6, 6.07) is 15.3. The fraction of sp³-hybridized carbons (Fsp3) is 0.294. The molecule has 0 aliphatic carbocycles. The number of hydrogen-bond acceptors (Lipinski definition) is 1. The normalized spacial score (nSPS) is 12.4. The van der Waals surface area contributed by atoms with E-state index in [1.807, 2.05) is 6.07 Å². The first-order valence-electron chi connectivity index (χ1n) is 6.62. The minimum Gasteiger partial charge on any atom is -0.306 e. The zero-order valence-electron chi connectivity index (χ0n) is 11.7.